The van der Waals surface area contributed by atoms with Gasteiger partial charge >= 0.3 is 0 Å². The Hall–Kier alpha value is -0.870. The molecule has 0 bridgehead atoms. The Morgan fingerprint density at radius 2 is 2.31 bits per heavy atom. The van der Waals surface area contributed by atoms with Crippen LogP contribution in [0.25, 0.3) is 0 Å². The number of nitrogens with zero attached hydrogens (tertiary/aromatic N) is 1. The zero-order chi connectivity index (χ0) is 11.4. The highest BCUT2D eigenvalue weighted by Crippen LogP contribution is 2.25. The van der Waals surface area contributed by atoms with Gasteiger partial charge in [0, 0.05) is 16.0 Å². The highest BCUT2D eigenvalue weighted by atomic mass is 32.2. The van der Waals surface area contributed by atoms with Crippen LogP contribution in [0, 0.1) is 5.82 Å². The number of rotatable bonds is 4. The molecule has 4 heteroatoms. The van der Waals surface area contributed by atoms with Gasteiger partial charge in [0.2, 0.25) is 0 Å². The second-order valence-electron chi connectivity index (χ2n) is 3.32. The Morgan fingerprint density at radius 3 is 3.00 bits per heavy atom. The lowest BCUT2D eigenvalue weighted by Gasteiger charge is -1.98. The van der Waals surface area contributed by atoms with Crippen LogP contribution in [0.3, 0.4) is 0 Å². The Labute approximate surface area is 103 Å². The van der Waals surface area contributed by atoms with Crippen LogP contribution in [0.5, 0.6) is 0 Å². The monoisotopic (exact) mass is 253 g/mol. The minimum absolute atomic E-state index is 0.182. The molecule has 2 aromatic rings. The van der Waals surface area contributed by atoms with Gasteiger partial charge in [-0.1, -0.05) is 13.0 Å². The van der Waals surface area contributed by atoms with Gasteiger partial charge in [-0.15, -0.1) is 23.1 Å². The minimum atomic E-state index is -0.182. The van der Waals surface area contributed by atoms with Crippen molar-refractivity contribution in [3.05, 3.63) is 46.2 Å². The summed E-state index contributed by atoms with van der Waals surface area (Å²) in [7, 11) is 0. The van der Waals surface area contributed by atoms with Gasteiger partial charge in [-0.25, -0.2) is 9.37 Å². The molecule has 0 unspecified atom stereocenters. The van der Waals surface area contributed by atoms with Crippen LogP contribution in [0.1, 0.15) is 16.8 Å². The Morgan fingerprint density at radius 1 is 1.44 bits per heavy atom. The lowest BCUT2D eigenvalue weighted by atomic mass is 10.4. The second-order valence-corrected chi connectivity index (χ2v) is 5.57. The van der Waals surface area contributed by atoms with Gasteiger partial charge < -0.3 is 0 Å². The molecule has 1 nitrogen and oxygen atoms in total. The predicted molar refractivity (Wildman–Crippen MR) is 67.5 cm³/mol. The van der Waals surface area contributed by atoms with Gasteiger partial charge in [0.25, 0.3) is 0 Å². The van der Waals surface area contributed by atoms with E-state index in [4.69, 9.17) is 0 Å². The van der Waals surface area contributed by atoms with Crippen LogP contribution in [-0.4, -0.2) is 4.98 Å². The largest absolute Gasteiger partial charge is 0.249 e. The van der Waals surface area contributed by atoms with Crippen LogP contribution in [0.2, 0.25) is 0 Å². The van der Waals surface area contributed by atoms with E-state index in [0.717, 1.165) is 22.1 Å². The van der Waals surface area contributed by atoms with E-state index < -0.39 is 0 Å². The first-order valence-corrected chi connectivity index (χ1v) is 6.90. The van der Waals surface area contributed by atoms with E-state index in [9.17, 15) is 4.39 Å². The molecule has 16 heavy (non-hydrogen) atoms. The summed E-state index contributed by atoms with van der Waals surface area (Å²) >= 11 is 3.35. The van der Waals surface area contributed by atoms with Gasteiger partial charge in [-0.05, 0) is 24.6 Å². The molecule has 0 aliphatic carbocycles. The van der Waals surface area contributed by atoms with Crippen molar-refractivity contribution < 1.29 is 4.39 Å². The molecule has 0 aliphatic rings. The molecule has 1 heterocycles. The molecule has 1 aromatic heterocycles. The van der Waals surface area contributed by atoms with E-state index in [-0.39, 0.29) is 5.82 Å². The topological polar surface area (TPSA) is 12.9 Å². The molecule has 0 amide bonds. The molecule has 84 valence electrons. The standard InChI is InChI=1S/C12H12FNS2/c1-2-10-7-14-12(16-10)8-15-11-5-3-4-9(13)6-11/h3-7H,2,8H2,1H3. The summed E-state index contributed by atoms with van der Waals surface area (Å²) in [4.78, 5) is 6.58. The van der Waals surface area contributed by atoms with E-state index in [1.807, 2.05) is 12.3 Å². The van der Waals surface area contributed by atoms with Gasteiger partial charge in [-0.3, -0.25) is 0 Å². The summed E-state index contributed by atoms with van der Waals surface area (Å²) in [6.07, 6.45) is 2.95. The third kappa shape index (κ3) is 3.06. The van der Waals surface area contributed by atoms with Crippen molar-refractivity contribution in [3.63, 3.8) is 0 Å². The van der Waals surface area contributed by atoms with E-state index in [0.29, 0.717) is 0 Å². The smallest absolute Gasteiger partial charge is 0.124 e. The maximum Gasteiger partial charge on any atom is 0.124 e. The Bertz CT molecular complexity index is 468. The first kappa shape index (κ1) is 11.6. The maximum absolute atomic E-state index is 12.9. The molecule has 1 aromatic carbocycles. The van der Waals surface area contributed by atoms with Crippen LogP contribution in [-0.2, 0) is 12.2 Å². The van der Waals surface area contributed by atoms with Crippen LogP contribution in [0.4, 0.5) is 4.39 Å². The zero-order valence-corrected chi connectivity index (χ0v) is 10.6. The number of halogens is 1. The van der Waals surface area contributed by atoms with E-state index in [1.165, 1.54) is 10.9 Å². The van der Waals surface area contributed by atoms with Crippen molar-refractivity contribution in [2.75, 3.05) is 0 Å². The Kier molecular flexibility index (Phi) is 3.96. The minimum Gasteiger partial charge on any atom is -0.249 e. The average Bonchev–Trinajstić information content (AvgIpc) is 2.74. The van der Waals surface area contributed by atoms with Crippen molar-refractivity contribution in [2.24, 2.45) is 0 Å². The Balaban J connectivity index is 1.96. The molecule has 0 spiro atoms. The van der Waals surface area contributed by atoms with Crippen molar-refractivity contribution in [3.8, 4) is 0 Å². The average molecular weight is 253 g/mol. The van der Waals surface area contributed by atoms with Gasteiger partial charge in [0.15, 0.2) is 0 Å². The number of aryl methyl sites for hydroxylation is 1. The van der Waals surface area contributed by atoms with E-state index in [2.05, 4.69) is 11.9 Å². The number of benzene rings is 1. The van der Waals surface area contributed by atoms with Crippen molar-refractivity contribution >= 4 is 23.1 Å². The highest BCUT2D eigenvalue weighted by molar-refractivity contribution is 7.98. The molecule has 2 rings (SSSR count). The summed E-state index contributed by atoms with van der Waals surface area (Å²) in [6, 6.07) is 6.67. The zero-order valence-electron chi connectivity index (χ0n) is 8.94. The fourth-order valence-electron chi connectivity index (χ4n) is 1.28. The lowest BCUT2D eigenvalue weighted by Crippen LogP contribution is -1.79. The number of thiazole rings is 1. The number of hydrogen-bond acceptors (Lipinski definition) is 3. The maximum atomic E-state index is 12.9. The molecule has 0 radical (unpaired) electrons. The van der Waals surface area contributed by atoms with Crippen molar-refractivity contribution in [2.45, 2.75) is 24.0 Å². The third-order valence-electron chi connectivity index (χ3n) is 2.11. The third-order valence-corrected chi connectivity index (χ3v) is 4.44. The molecular weight excluding hydrogens is 241 g/mol. The number of hydrogen-bond donors (Lipinski definition) is 0. The highest BCUT2D eigenvalue weighted by Gasteiger charge is 2.02. The van der Waals surface area contributed by atoms with Crippen LogP contribution >= 0.6 is 23.1 Å². The summed E-state index contributed by atoms with van der Waals surface area (Å²) < 4.78 is 12.9. The van der Waals surface area contributed by atoms with Crippen molar-refractivity contribution in [1.29, 1.82) is 0 Å². The molecule has 0 atom stereocenters. The summed E-state index contributed by atoms with van der Waals surface area (Å²) in [5.41, 5.74) is 0. The van der Waals surface area contributed by atoms with Crippen LogP contribution in [0.15, 0.2) is 35.4 Å². The van der Waals surface area contributed by atoms with Gasteiger partial charge in [0.1, 0.15) is 10.8 Å². The summed E-state index contributed by atoms with van der Waals surface area (Å²) in [6.45, 7) is 2.12. The molecule has 0 N–H and O–H groups in total. The molecule has 0 saturated carbocycles. The summed E-state index contributed by atoms with van der Waals surface area (Å²) in [5.74, 6) is 0.632. The van der Waals surface area contributed by atoms with Crippen LogP contribution < -0.4 is 0 Å². The van der Waals surface area contributed by atoms with E-state index in [1.54, 1.807) is 35.2 Å². The number of thioether (sulfide) groups is 1. The summed E-state index contributed by atoms with van der Waals surface area (Å²) in [5, 5.41) is 1.10. The molecular formula is C12H12FNS2. The number of aromatic nitrogens is 1. The molecule has 0 fully saturated rings. The fraction of sp³-hybridized carbons (Fsp3) is 0.250. The van der Waals surface area contributed by atoms with Crippen molar-refractivity contribution in [1.82, 2.24) is 4.98 Å². The molecule has 0 aliphatic heterocycles. The first-order chi connectivity index (χ1) is 7.78. The van der Waals surface area contributed by atoms with E-state index >= 15 is 0 Å². The predicted octanol–water partition coefficient (Wildman–Crippen LogP) is 4.14. The fourth-order valence-corrected chi connectivity index (χ4v) is 3.09. The lowest BCUT2D eigenvalue weighted by molar-refractivity contribution is 0.624. The van der Waals surface area contributed by atoms with Gasteiger partial charge in [-0.2, -0.15) is 0 Å². The quantitative estimate of drug-likeness (QED) is 0.760. The SMILES string of the molecule is CCc1cnc(CSc2cccc(F)c2)s1. The first-order valence-electron chi connectivity index (χ1n) is 5.10. The second kappa shape index (κ2) is 5.46. The molecule has 0 saturated heterocycles. The van der Waals surface area contributed by atoms with Gasteiger partial charge in [0.05, 0.1) is 5.75 Å². The normalized spacial score (nSPS) is 10.6.